The lowest BCUT2D eigenvalue weighted by Crippen LogP contribution is -2.60. The van der Waals surface area contributed by atoms with Crippen molar-refractivity contribution in [1.82, 2.24) is 25.3 Å². The van der Waals surface area contributed by atoms with Crippen molar-refractivity contribution in [3.63, 3.8) is 0 Å². The molecule has 1 fully saturated rings. The number of piperazine rings is 1. The molecule has 1 saturated heterocycles. The molecule has 3 atom stereocenters. The molecule has 0 saturated carbocycles. The molecular formula is C26H35ClN6O3. The highest BCUT2D eigenvalue weighted by atomic mass is 35.5. The molecule has 4 rings (SSSR count). The fourth-order valence-corrected chi connectivity index (χ4v) is 5.27. The number of carbonyl (C=O) groups excluding carboxylic acids is 2. The van der Waals surface area contributed by atoms with Crippen molar-refractivity contribution in [2.24, 2.45) is 0 Å². The van der Waals surface area contributed by atoms with Crippen LogP contribution in [0.1, 0.15) is 56.0 Å². The Morgan fingerprint density at radius 3 is 2.56 bits per heavy atom. The number of amides is 1. The van der Waals surface area contributed by atoms with Crippen molar-refractivity contribution in [3.8, 4) is 0 Å². The van der Waals surface area contributed by atoms with E-state index in [1.54, 1.807) is 0 Å². The molecule has 1 aliphatic heterocycles. The molecule has 0 spiro atoms. The van der Waals surface area contributed by atoms with E-state index in [1.807, 2.05) is 43.1 Å². The third-order valence-electron chi connectivity index (χ3n) is 6.85. The summed E-state index contributed by atoms with van der Waals surface area (Å²) in [6.07, 6.45) is 3.04. The molecular weight excluding hydrogens is 480 g/mol. The van der Waals surface area contributed by atoms with E-state index in [-0.39, 0.29) is 24.4 Å². The van der Waals surface area contributed by atoms with Gasteiger partial charge >= 0.3 is 0 Å². The van der Waals surface area contributed by atoms with Crippen LogP contribution in [0.2, 0.25) is 5.02 Å². The minimum atomic E-state index is -0.547. The fraction of sp³-hybridized carbons (Fsp3) is 0.538. The van der Waals surface area contributed by atoms with Gasteiger partial charge in [-0.15, -0.1) is 0 Å². The number of rotatable bonds is 9. The van der Waals surface area contributed by atoms with E-state index >= 15 is 0 Å². The number of carbonyl (C=O) groups is 2. The summed E-state index contributed by atoms with van der Waals surface area (Å²) in [6, 6.07) is 6.97. The van der Waals surface area contributed by atoms with Crippen molar-refractivity contribution >= 4 is 29.6 Å². The minimum absolute atomic E-state index is 0.0133. The SMILES string of the molecule is CC(C)NC(=O)CN([C@@H](C=O)Cc1ccc(Cl)cc1)N1CCN(c2ncnc3c2[C@H](C)C[C@H]3O)CC1. The van der Waals surface area contributed by atoms with Gasteiger partial charge in [0, 0.05) is 42.8 Å². The molecule has 2 N–H and O–H groups in total. The topological polar surface area (TPSA) is 102 Å². The Hall–Kier alpha value is -2.59. The lowest BCUT2D eigenvalue weighted by molar-refractivity contribution is -0.136. The maximum absolute atomic E-state index is 12.7. The second-order valence-corrected chi connectivity index (χ2v) is 10.4. The fourth-order valence-electron chi connectivity index (χ4n) is 5.15. The van der Waals surface area contributed by atoms with E-state index < -0.39 is 12.1 Å². The zero-order chi connectivity index (χ0) is 25.8. The molecule has 0 unspecified atom stereocenters. The van der Waals surface area contributed by atoms with Gasteiger partial charge in [0.25, 0.3) is 0 Å². The number of nitrogens with one attached hydrogen (secondary N) is 1. The molecule has 2 aromatic rings. The summed E-state index contributed by atoms with van der Waals surface area (Å²) < 4.78 is 0. The molecule has 1 aromatic heterocycles. The van der Waals surface area contributed by atoms with Crippen molar-refractivity contribution in [3.05, 3.63) is 52.4 Å². The van der Waals surface area contributed by atoms with Crippen molar-refractivity contribution < 1.29 is 14.7 Å². The largest absolute Gasteiger partial charge is 0.387 e. The number of hydrazine groups is 1. The number of hydrogen-bond donors (Lipinski definition) is 2. The van der Waals surface area contributed by atoms with Crippen LogP contribution in [0.4, 0.5) is 5.82 Å². The molecule has 9 nitrogen and oxygen atoms in total. The number of aldehydes is 1. The predicted octanol–water partition coefficient (Wildman–Crippen LogP) is 2.34. The van der Waals surface area contributed by atoms with E-state index in [4.69, 9.17) is 11.6 Å². The third kappa shape index (κ3) is 6.03. The quantitative estimate of drug-likeness (QED) is 0.492. The van der Waals surface area contributed by atoms with Gasteiger partial charge in [-0.05, 0) is 50.3 Å². The van der Waals surface area contributed by atoms with Crippen LogP contribution < -0.4 is 10.2 Å². The van der Waals surface area contributed by atoms with Crippen LogP contribution in [0.15, 0.2) is 30.6 Å². The average Bonchev–Trinajstić information content (AvgIpc) is 3.15. The van der Waals surface area contributed by atoms with Crippen LogP contribution in [0.3, 0.4) is 0 Å². The number of aromatic nitrogens is 2. The third-order valence-corrected chi connectivity index (χ3v) is 7.10. The molecule has 0 radical (unpaired) electrons. The molecule has 2 aliphatic rings. The number of fused-ring (bicyclic) bond motifs is 1. The van der Waals surface area contributed by atoms with Crippen LogP contribution in [-0.2, 0) is 16.0 Å². The summed E-state index contributed by atoms with van der Waals surface area (Å²) in [5, 5.41) is 17.9. The number of anilines is 1. The molecule has 36 heavy (non-hydrogen) atoms. The molecule has 10 heteroatoms. The maximum Gasteiger partial charge on any atom is 0.235 e. The van der Waals surface area contributed by atoms with E-state index in [9.17, 15) is 14.7 Å². The van der Waals surface area contributed by atoms with Crippen LogP contribution in [0, 0.1) is 0 Å². The number of aliphatic hydroxyl groups excluding tert-OH is 1. The van der Waals surface area contributed by atoms with Crippen molar-refractivity contribution in [2.45, 2.75) is 57.7 Å². The molecule has 1 amide bonds. The number of benzene rings is 1. The van der Waals surface area contributed by atoms with Gasteiger partial charge in [0.1, 0.15) is 18.4 Å². The Bertz CT molecular complexity index is 1060. The van der Waals surface area contributed by atoms with Crippen LogP contribution >= 0.6 is 11.6 Å². The first-order valence-electron chi connectivity index (χ1n) is 12.5. The van der Waals surface area contributed by atoms with Gasteiger partial charge in [-0.1, -0.05) is 30.7 Å². The van der Waals surface area contributed by atoms with Crippen molar-refractivity contribution in [2.75, 3.05) is 37.6 Å². The molecule has 194 valence electrons. The first-order valence-corrected chi connectivity index (χ1v) is 12.9. The zero-order valence-electron chi connectivity index (χ0n) is 21.1. The van der Waals surface area contributed by atoms with Gasteiger partial charge in [0.2, 0.25) is 5.91 Å². The van der Waals surface area contributed by atoms with Gasteiger partial charge < -0.3 is 20.1 Å². The van der Waals surface area contributed by atoms with Gasteiger partial charge in [-0.3, -0.25) is 4.79 Å². The first kappa shape index (κ1) is 26.5. The van der Waals surface area contributed by atoms with Crippen molar-refractivity contribution in [1.29, 1.82) is 0 Å². The number of hydrogen-bond acceptors (Lipinski definition) is 8. The highest BCUT2D eigenvalue weighted by Gasteiger charge is 2.35. The van der Waals surface area contributed by atoms with Crippen LogP contribution in [0.25, 0.3) is 0 Å². The van der Waals surface area contributed by atoms with E-state index in [2.05, 4.69) is 32.1 Å². The van der Waals surface area contributed by atoms with E-state index in [0.29, 0.717) is 44.0 Å². The van der Waals surface area contributed by atoms with Gasteiger partial charge in [-0.25, -0.2) is 20.0 Å². The first-order chi connectivity index (χ1) is 17.3. The predicted molar refractivity (Wildman–Crippen MR) is 139 cm³/mol. The Morgan fingerprint density at radius 1 is 1.22 bits per heavy atom. The Morgan fingerprint density at radius 2 is 1.92 bits per heavy atom. The lowest BCUT2D eigenvalue weighted by atomic mass is 10.1. The Labute approximate surface area is 217 Å². The molecule has 0 bridgehead atoms. The van der Waals surface area contributed by atoms with Gasteiger partial charge in [-0.2, -0.15) is 0 Å². The maximum atomic E-state index is 12.7. The molecule has 1 aromatic carbocycles. The second kappa shape index (κ2) is 11.6. The summed E-state index contributed by atoms with van der Waals surface area (Å²) in [5.74, 6) is 0.951. The average molecular weight is 515 g/mol. The number of halogens is 1. The highest BCUT2D eigenvalue weighted by molar-refractivity contribution is 6.30. The minimum Gasteiger partial charge on any atom is -0.387 e. The van der Waals surface area contributed by atoms with Gasteiger partial charge in [0.15, 0.2) is 0 Å². The monoisotopic (exact) mass is 514 g/mol. The van der Waals surface area contributed by atoms with Gasteiger partial charge in [0.05, 0.1) is 24.4 Å². The molecule has 1 aliphatic carbocycles. The van der Waals surface area contributed by atoms with Crippen LogP contribution in [0.5, 0.6) is 0 Å². The standard InChI is InChI=1S/C26H35ClN6O3/c1-17(2)30-23(36)14-33(21(15-34)13-19-4-6-20(27)7-5-19)32-10-8-31(9-11-32)26-24-18(3)12-22(35)25(24)28-16-29-26/h4-7,15-18,21-22,35H,8-14H2,1-3H3,(H,30,36)/t18-,21-,22-/m1/s1. The summed E-state index contributed by atoms with van der Waals surface area (Å²) in [7, 11) is 0. The smallest absolute Gasteiger partial charge is 0.235 e. The van der Waals surface area contributed by atoms with Crippen LogP contribution in [-0.4, -0.2) is 82.1 Å². The normalized spacial score (nSPS) is 21.0. The summed E-state index contributed by atoms with van der Waals surface area (Å²) in [6.45, 7) is 8.67. The highest BCUT2D eigenvalue weighted by Crippen LogP contribution is 2.42. The summed E-state index contributed by atoms with van der Waals surface area (Å²) in [4.78, 5) is 36.1. The Balaban J connectivity index is 1.50. The zero-order valence-corrected chi connectivity index (χ0v) is 21.9. The van der Waals surface area contributed by atoms with E-state index in [0.717, 1.165) is 28.9 Å². The summed E-state index contributed by atoms with van der Waals surface area (Å²) in [5.41, 5.74) is 2.74. The Kier molecular flexibility index (Phi) is 8.56. The second-order valence-electron chi connectivity index (χ2n) is 9.94. The summed E-state index contributed by atoms with van der Waals surface area (Å²) >= 11 is 6.03. The lowest BCUT2D eigenvalue weighted by Gasteiger charge is -2.43. The number of nitrogens with zero attached hydrogens (tertiary/aromatic N) is 5. The van der Waals surface area contributed by atoms with E-state index in [1.165, 1.54) is 6.33 Å². The molecule has 2 heterocycles. The number of aliphatic hydroxyl groups is 1.